The van der Waals surface area contributed by atoms with Crippen molar-refractivity contribution in [2.75, 3.05) is 11.6 Å². The Morgan fingerprint density at radius 3 is 2.53 bits per heavy atom. The van der Waals surface area contributed by atoms with Gasteiger partial charge in [-0.15, -0.1) is 11.8 Å². The number of thioether (sulfide) groups is 1. The van der Waals surface area contributed by atoms with Gasteiger partial charge in [0.2, 0.25) is 0 Å². The van der Waals surface area contributed by atoms with Gasteiger partial charge in [-0.25, -0.2) is 0 Å². The summed E-state index contributed by atoms with van der Waals surface area (Å²) < 4.78 is 2.02. The van der Waals surface area contributed by atoms with Gasteiger partial charge in [-0.2, -0.15) is 0 Å². The monoisotopic (exact) mass is 274 g/mol. The van der Waals surface area contributed by atoms with Gasteiger partial charge in [0.15, 0.2) is 0 Å². The number of carbonyl (C=O) groups excluding carboxylic acids is 1. The molecule has 0 bridgehead atoms. The predicted molar refractivity (Wildman–Crippen MR) is 81.1 cm³/mol. The lowest BCUT2D eigenvalue weighted by Gasteiger charge is -2.09. The van der Waals surface area contributed by atoms with Crippen LogP contribution < -0.4 is 5.32 Å². The number of aromatic nitrogens is 1. The highest BCUT2D eigenvalue weighted by Crippen LogP contribution is 2.25. The molecule has 0 spiro atoms. The van der Waals surface area contributed by atoms with E-state index in [1.165, 1.54) is 0 Å². The van der Waals surface area contributed by atoms with Crippen LogP contribution in [0.15, 0.2) is 35.2 Å². The summed E-state index contributed by atoms with van der Waals surface area (Å²) in [7, 11) is 1.97. The van der Waals surface area contributed by atoms with E-state index in [0.29, 0.717) is 0 Å². The maximum atomic E-state index is 12.3. The minimum Gasteiger partial charge on any atom is -0.351 e. The molecule has 1 aromatic carbocycles. The van der Waals surface area contributed by atoms with Crippen LogP contribution in [0, 0.1) is 13.8 Å². The molecule has 3 nitrogen and oxygen atoms in total. The molecule has 0 atom stereocenters. The number of aryl methyl sites for hydroxylation is 1. The highest BCUT2D eigenvalue weighted by molar-refractivity contribution is 7.98. The highest BCUT2D eigenvalue weighted by Gasteiger charge is 2.14. The number of hydrogen-bond acceptors (Lipinski definition) is 2. The number of nitrogens with zero attached hydrogens (tertiary/aromatic N) is 1. The molecule has 0 unspecified atom stereocenters. The molecule has 0 aliphatic heterocycles. The molecule has 4 heteroatoms. The summed E-state index contributed by atoms with van der Waals surface area (Å²) in [6, 6.07) is 9.75. The van der Waals surface area contributed by atoms with Crippen LogP contribution in [0.5, 0.6) is 0 Å². The van der Waals surface area contributed by atoms with Crippen LogP contribution in [0.2, 0.25) is 0 Å². The maximum absolute atomic E-state index is 12.3. The van der Waals surface area contributed by atoms with E-state index in [4.69, 9.17) is 0 Å². The van der Waals surface area contributed by atoms with Crippen molar-refractivity contribution in [2.45, 2.75) is 18.7 Å². The lowest BCUT2D eigenvalue weighted by molar-refractivity contribution is 0.102. The van der Waals surface area contributed by atoms with Gasteiger partial charge in [0.05, 0.1) is 11.3 Å². The highest BCUT2D eigenvalue weighted by atomic mass is 32.2. The van der Waals surface area contributed by atoms with Crippen molar-refractivity contribution in [3.63, 3.8) is 0 Å². The van der Waals surface area contributed by atoms with Crippen LogP contribution in [-0.2, 0) is 7.05 Å². The predicted octanol–water partition coefficient (Wildman–Crippen LogP) is 3.62. The van der Waals surface area contributed by atoms with Crippen molar-refractivity contribution in [1.82, 2.24) is 4.57 Å². The molecule has 19 heavy (non-hydrogen) atoms. The average Bonchev–Trinajstić information content (AvgIpc) is 2.67. The maximum Gasteiger partial charge on any atom is 0.257 e. The Morgan fingerprint density at radius 1 is 1.26 bits per heavy atom. The Balaban J connectivity index is 2.28. The van der Waals surface area contributed by atoms with Crippen molar-refractivity contribution in [2.24, 2.45) is 7.05 Å². The molecule has 0 aliphatic carbocycles. The number of nitrogens with one attached hydrogen (secondary N) is 1. The summed E-state index contributed by atoms with van der Waals surface area (Å²) in [6.07, 6.45) is 2.00. The molecule has 0 aliphatic rings. The third-order valence-corrected chi connectivity index (χ3v) is 4.17. The summed E-state index contributed by atoms with van der Waals surface area (Å²) in [5, 5.41) is 2.99. The van der Waals surface area contributed by atoms with E-state index in [-0.39, 0.29) is 5.91 Å². The van der Waals surface area contributed by atoms with E-state index in [1.807, 2.05) is 62.0 Å². The first kappa shape index (κ1) is 13.7. The zero-order valence-electron chi connectivity index (χ0n) is 11.7. The molecule has 0 fully saturated rings. The minimum atomic E-state index is -0.0531. The second kappa shape index (κ2) is 5.53. The first-order valence-electron chi connectivity index (χ1n) is 6.12. The molecule has 0 radical (unpaired) electrons. The van der Waals surface area contributed by atoms with Gasteiger partial charge in [-0.1, -0.05) is 12.1 Å². The smallest absolute Gasteiger partial charge is 0.257 e. The molecule has 100 valence electrons. The van der Waals surface area contributed by atoms with E-state index < -0.39 is 0 Å². The minimum absolute atomic E-state index is 0.0531. The van der Waals surface area contributed by atoms with E-state index in [9.17, 15) is 4.79 Å². The van der Waals surface area contributed by atoms with Gasteiger partial charge in [-0.05, 0) is 38.3 Å². The van der Waals surface area contributed by atoms with Gasteiger partial charge >= 0.3 is 0 Å². The van der Waals surface area contributed by atoms with Gasteiger partial charge in [0, 0.05) is 23.3 Å². The van der Waals surface area contributed by atoms with Crippen molar-refractivity contribution >= 4 is 23.4 Å². The van der Waals surface area contributed by atoms with Gasteiger partial charge in [-0.3, -0.25) is 4.79 Å². The zero-order chi connectivity index (χ0) is 14.0. The van der Waals surface area contributed by atoms with Crippen LogP contribution in [0.25, 0.3) is 0 Å². The molecule has 1 heterocycles. The van der Waals surface area contributed by atoms with Crippen LogP contribution in [0.4, 0.5) is 5.69 Å². The molecule has 0 saturated heterocycles. The fraction of sp³-hybridized carbons (Fsp3) is 0.267. The molecule has 1 amide bonds. The number of carbonyl (C=O) groups is 1. The van der Waals surface area contributed by atoms with Crippen molar-refractivity contribution in [3.8, 4) is 0 Å². The number of para-hydroxylation sites is 1. The normalized spacial score (nSPS) is 10.5. The first-order valence-corrected chi connectivity index (χ1v) is 7.34. The summed E-state index contributed by atoms with van der Waals surface area (Å²) in [6.45, 7) is 3.96. The Labute approximate surface area is 118 Å². The third kappa shape index (κ3) is 2.68. The lowest BCUT2D eigenvalue weighted by atomic mass is 10.2. The van der Waals surface area contributed by atoms with Crippen LogP contribution >= 0.6 is 11.8 Å². The number of hydrogen-bond donors (Lipinski definition) is 1. The fourth-order valence-electron chi connectivity index (χ4n) is 2.02. The van der Waals surface area contributed by atoms with Crippen LogP contribution in [0.3, 0.4) is 0 Å². The van der Waals surface area contributed by atoms with E-state index in [1.54, 1.807) is 11.8 Å². The Kier molecular flexibility index (Phi) is 4.00. The Bertz CT molecular complexity index is 617. The second-order valence-corrected chi connectivity index (χ2v) is 5.35. The standard InChI is InChI=1S/C15H18N2OS/c1-10-9-12(11(2)17(10)3)15(18)16-13-7-5-6-8-14(13)19-4/h5-9H,1-4H3,(H,16,18). The van der Waals surface area contributed by atoms with Crippen LogP contribution in [0.1, 0.15) is 21.7 Å². The topological polar surface area (TPSA) is 34.0 Å². The van der Waals surface area contributed by atoms with Crippen molar-refractivity contribution in [1.29, 1.82) is 0 Å². The zero-order valence-corrected chi connectivity index (χ0v) is 12.5. The van der Waals surface area contributed by atoms with Gasteiger partial charge in [0.1, 0.15) is 0 Å². The quantitative estimate of drug-likeness (QED) is 0.867. The van der Waals surface area contributed by atoms with Crippen LogP contribution in [-0.4, -0.2) is 16.7 Å². The number of anilines is 1. The van der Waals surface area contributed by atoms with Crippen molar-refractivity contribution < 1.29 is 4.79 Å². The Morgan fingerprint density at radius 2 is 1.95 bits per heavy atom. The second-order valence-electron chi connectivity index (χ2n) is 4.50. The summed E-state index contributed by atoms with van der Waals surface area (Å²) in [5.41, 5.74) is 3.66. The molecular formula is C15H18N2OS. The largest absolute Gasteiger partial charge is 0.351 e. The van der Waals surface area contributed by atoms with E-state index in [0.717, 1.165) is 27.5 Å². The van der Waals surface area contributed by atoms with E-state index >= 15 is 0 Å². The molecule has 1 N–H and O–H groups in total. The molecular weight excluding hydrogens is 256 g/mol. The third-order valence-electron chi connectivity index (χ3n) is 3.37. The molecule has 2 aromatic rings. The number of amides is 1. The van der Waals surface area contributed by atoms with Gasteiger partial charge in [0.25, 0.3) is 5.91 Å². The SMILES string of the molecule is CSc1ccccc1NC(=O)c1cc(C)n(C)c1C. The fourth-order valence-corrected chi connectivity index (χ4v) is 2.58. The summed E-state index contributed by atoms with van der Waals surface area (Å²) in [5.74, 6) is -0.0531. The summed E-state index contributed by atoms with van der Waals surface area (Å²) >= 11 is 1.63. The molecule has 0 saturated carbocycles. The average molecular weight is 274 g/mol. The van der Waals surface area contributed by atoms with Crippen molar-refractivity contribution in [3.05, 3.63) is 47.3 Å². The van der Waals surface area contributed by atoms with E-state index in [2.05, 4.69) is 5.32 Å². The Hall–Kier alpha value is -1.68. The van der Waals surface area contributed by atoms with Gasteiger partial charge < -0.3 is 9.88 Å². The number of rotatable bonds is 3. The summed E-state index contributed by atoms with van der Waals surface area (Å²) in [4.78, 5) is 13.4. The first-order chi connectivity index (χ1) is 9.04. The molecule has 1 aromatic heterocycles. The number of benzene rings is 1. The lowest BCUT2D eigenvalue weighted by Crippen LogP contribution is -2.13. The molecule has 2 rings (SSSR count).